The quantitative estimate of drug-likeness (QED) is 0.232. The molecule has 0 spiro atoms. The summed E-state index contributed by atoms with van der Waals surface area (Å²) in [7, 11) is 1.63. The van der Waals surface area contributed by atoms with Crippen molar-refractivity contribution in [2.24, 2.45) is 4.99 Å². The molecule has 0 aromatic heterocycles. The minimum Gasteiger partial charge on any atom is -0.497 e. The number of hydrogen-bond acceptors (Lipinski definition) is 4. The number of aliphatic imine (C=N–C) groups is 1. The Balaban J connectivity index is 0.00000480. The fourth-order valence-electron chi connectivity index (χ4n) is 2.73. The van der Waals surface area contributed by atoms with E-state index in [1.807, 2.05) is 68.4 Å². The minimum absolute atomic E-state index is 0. The van der Waals surface area contributed by atoms with Crippen molar-refractivity contribution in [3.63, 3.8) is 0 Å². The van der Waals surface area contributed by atoms with Crippen molar-refractivity contribution in [1.29, 1.82) is 0 Å². The van der Waals surface area contributed by atoms with Crippen LogP contribution in [-0.4, -0.2) is 51.3 Å². The lowest BCUT2D eigenvalue weighted by Crippen LogP contribution is -2.42. The van der Waals surface area contributed by atoms with Crippen molar-refractivity contribution in [1.82, 2.24) is 16.0 Å². The SMILES string of the molecule is CCNC(=NCC(=O)NCCc1ccccc1)NCC(C)Oc1cccc(OC)c1.I. The molecule has 170 valence electrons. The number of ether oxygens (including phenoxy) is 2. The fourth-order valence-corrected chi connectivity index (χ4v) is 2.73. The number of benzene rings is 2. The second-order valence-electron chi connectivity index (χ2n) is 6.77. The van der Waals surface area contributed by atoms with E-state index >= 15 is 0 Å². The Hall–Kier alpha value is -2.49. The molecule has 0 aliphatic heterocycles. The van der Waals surface area contributed by atoms with Crippen LogP contribution in [0.2, 0.25) is 0 Å². The van der Waals surface area contributed by atoms with Gasteiger partial charge in [-0.05, 0) is 38.0 Å². The summed E-state index contributed by atoms with van der Waals surface area (Å²) in [5.41, 5.74) is 1.20. The highest BCUT2D eigenvalue weighted by atomic mass is 127. The zero-order valence-corrected chi connectivity index (χ0v) is 20.7. The number of hydrogen-bond donors (Lipinski definition) is 3. The largest absolute Gasteiger partial charge is 0.497 e. The first-order valence-electron chi connectivity index (χ1n) is 10.2. The Morgan fingerprint density at radius 2 is 1.77 bits per heavy atom. The van der Waals surface area contributed by atoms with Gasteiger partial charge in [0.15, 0.2) is 5.96 Å². The molecule has 0 heterocycles. The van der Waals surface area contributed by atoms with Crippen LogP contribution < -0.4 is 25.4 Å². The molecule has 2 aromatic carbocycles. The smallest absolute Gasteiger partial charge is 0.241 e. The summed E-state index contributed by atoms with van der Waals surface area (Å²) in [6, 6.07) is 17.6. The molecule has 2 rings (SSSR count). The van der Waals surface area contributed by atoms with Crippen LogP contribution in [0.3, 0.4) is 0 Å². The summed E-state index contributed by atoms with van der Waals surface area (Å²) >= 11 is 0. The van der Waals surface area contributed by atoms with E-state index in [9.17, 15) is 4.79 Å². The molecular weight excluding hydrogens is 507 g/mol. The summed E-state index contributed by atoms with van der Waals surface area (Å²) in [6.07, 6.45) is 0.703. The van der Waals surface area contributed by atoms with Gasteiger partial charge in [0.25, 0.3) is 0 Å². The third kappa shape index (κ3) is 10.9. The number of nitrogens with zero attached hydrogens (tertiary/aromatic N) is 1. The van der Waals surface area contributed by atoms with Crippen molar-refractivity contribution in [3.05, 3.63) is 60.2 Å². The van der Waals surface area contributed by atoms with Crippen molar-refractivity contribution in [2.45, 2.75) is 26.4 Å². The van der Waals surface area contributed by atoms with Crippen molar-refractivity contribution >= 4 is 35.8 Å². The van der Waals surface area contributed by atoms with Crippen LogP contribution in [0.5, 0.6) is 11.5 Å². The van der Waals surface area contributed by atoms with Crippen molar-refractivity contribution in [3.8, 4) is 11.5 Å². The maximum absolute atomic E-state index is 12.1. The topological polar surface area (TPSA) is 84.0 Å². The van der Waals surface area contributed by atoms with E-state index in [0.717, 1.165) is 17.9 Å². The molecule has 31 heavy (non-hydrogen) atoms. The molecule has 0 aliphatic carbocycles. The van der Waals surface area contributed by atoms with Gasteiger partial charge in [-0.2, -0.15) is 0 Å². The summed E-state index contributed by atoms with van der Waals surface area (Å²) in [5, 5.41) is 9.25. The lowest BCUT2D eigenvalue weighted by Gasteiger charge is -2.18. The standard InChI is InChI=1S/C23H32N4O3.HI/c1-4-24-23(26-16-18(2)30-21-12-8-11-20(15-21)29-3)27-17-22(28)25-14-13-19-9-6-5-7-10-19;/h5-12,15,18H,4,13-14,16-17H2,1-3H3,(H,25,28)(H2,24,26,27);1H. The maximum Gasteiger partial charge on any atom is 0.241 e. The Kier molecular flexibility index (Phi) is 13.1. The third-order valence-corrected chi connectivity index (χ3v) is 4.24. The molecule has 1 amide bonds. The molecule has 0 bridgehead atoms. The molecule has 0 saturated carbocycles. The Morgan fingerprint density at radius 3 is 2.48 bits per heavy atom. The minimum atomic E-state index is -0.108. The highest BCUT2D eigenvalue weighted by molar-refractivity contribution is 14.0. The monoisotopic (exact) mass is 540 g/mol. The molecule has 0 radical (unpaired) electrons. The van der Waals surface area contributed by atoms with Crippen LogP contribution in [0.25, 0.3) is 0 Å². The van der Waals surface area contributed by atoms with Gasteiger partial charge in [-0.25, -0.2) is 4.99 Å². The highest BCUT2D eigenvalue weighted by Crippen LogP contribution is 2.19. The van der Waals surface area contributed by atoms with E-state index in [2.05, 4.69) is 20.9 Å². The van der Waals surface area contributed by atoms with E-state index in [0.29, 0.717) is 25.6 Å². The van der Waals surface area contributed by atoms with E-state index in [-0.39, 0.29) is 42.5 Å². The molecular formula is C23H33IN4O3. The Labute approximate surface area is 202 Å². The molecule has 8 heteroatoms. The van der Waals surface area contributed by atoms with E-state index in [1.54, 1.807) is 7.11 Å². The second kappa shape index (κ2) is 15.3. The number of rotatable bonds is 11. The summed E-state index contributed by atoms with van der Waals surface area (Å²) < 4.78 is 11.1. The van der Waals surface area contributed by atoms with E-state index in [4.69, 9.17) is 9.47 Å². The van der Waals surface area contributed by atoms with Gasteiger partial charge in [-0.3, -0.25) is 4.79 Å². The Bertz CT molecular complexity index is 802. The molecule has 1 unspecified atom stereocenters. The van der Waals surface area contributed by atoms with Crippen LogP contribution in [0.15, 0.2) is 59.6 Å². The molecule has 2 aromatic rings. The Morgan fingerprint density at radius 1 is 1.03 bits per heavy atom. The summed E-state index contributed by atoms with van der Waals surface area (Å²) in [4.78, 5) is 16.4. The van der Waals surface area contributed by atoms with Crippen LogP contribution >= 0.6 is 24.0 Å². The molecule has 0 fully saturated rings. The van der Waals surface area contributed by atoms with Gasteiger partial charge in [0.2, 0.25) is 5.91 Å². The zero-order chi connectivity index (χ0) is 21.6. The molecule has 0 aliphatic rings. The number of nitrogens with one attached hydrogen (secondary N) is 3. The van der Waals surface area contributed by atoms with E-state index < -0.39 is 0 Å². The van der Waals surface area contributed by atoms with Gasteiger partial charge in [-0.15, -0.1) is 24.0 Å². The maximum atomic E-state index is 12.1. The summed E-state index contributed by atoms with van der Waals surface area (Å²) in [6.45, 7) is 5.84. The van der Waals surface area contributed by atoms with Crippen LogP contribution in [0, 0.1) is 0 Å². The molecule has 0 saturated heterocycles. The first-order chi connectivity index (χ1) is 14.6. The van der Waals surface area contributed by atoms with E-state index in [1.165, 1.54) is 5.56 Å². The number of halogens is 1. The number of carbonyl (C=O) groups is 1. The number of guanidine groups is 1. The normalized spacial score (nSPS) is 11.6. The van der Waals surface area contributed by atoms with Gasteiger partial charge in [0.05, 0.1) is 13.7 Å². The fraction of sp³-hybridized carbons (Fsp3) is 0.391. The number of methoxy groups -OCH3 is 1. The van der Waals surface area contributed by atoms with Gasteiger partial charge >= 0.3 is 0 Å². The van der Waals surface area contributed by atoms with Crippen molar-refractivity contribution in [2.75, 3.05) is 33.3 Å². The van der Waals surface area contributed by atoms with Gasteiger partial charge in [0, 0.05) is 19.2 Å². The van der Waals surface area contributed by atoms with Gasteiger partial charge in [0.1, 0.15) is 24.1 Å². The van der Waals surface area contributed by atoms with Crippen LogP contribution in [-0.2, 0) is 11.2 Å². The third-order valence-electron chi connectivity index (χ3n) is 4.24. The molecule has 1 atom stereocenters. The zero-order valence-electron chi connectivity index (χ0n) is 18.4. The summed E-state index contributed by atoms with van der Waals surface area (Å²) in [5.74, 6) is 1.96. The average molecular weight is 540 g/mol. The molecule has 3 N–H and O–H groups in total. The predicted octanol–water partition coefficient (Wildman–Crippen LogP) is 2.99. The highest BCUT2D eigenvalue weighted by Gasteiger charge is 2.07. The lowest BCUT2D eigenvalue weighted by molar-refractivity contribution is -0.119. The average Bonchev–Trinajstić information content (AvgIpc) is 2.76. The molecule has 7 nitrogen and oxygen atoms in total. The first-order valence-corrected chi connectivity index (χ1v) is 10.2. The van der Waals surface area contributed by atoms with Crippen molar-refractivity contribution < 1.29 is 14.3 Å². The lowest BCUT2D eigenvalue weighted by atomic mass is 10.1. The number of carbonyl (C=O) groups excluding carboxylic acids is 1. The second-order valence-corrected chi connectivity index (χ2v) is 6.77. The van der Waals surface area contributed by atoms with Crippen LogP contribution in [0.4, 0.5) is 0 Å². The predicted molar refractivity (Wildman–Crippen MR) is 136 cm³/mol. The van der Waals surface area contributed by atoms with Gasteiger partial charge < -0.3 is 25.4 Å². The van der Waals surface area contributed by atoms with Crippen LogP contribution in [0.1, 0.15) is 19.4 Å². The number of amides is 1. The van der Waals surface area contributed by atoms with Gasteiger partial charge in [-0.1, -0.05) is 36.4 Å². The first kappa shape index (κ1) is 26.5.